The van der Waals surface area contributed by atoms with Crippen LogP contribution in [-0.4, -0.2) is 37.3 Å². The van der Waals surface area contributed by atoms with Gasteiger partial charge in [-0.3, -0.25) is 4.79 Å². The summed E-state index contributed by atoms with van der Waals surface area (Å²) >= 11 is 0. The molecule has 1 amide bonds. The number of hydrogen-bond acceptors (Lipinski definition) is 4. The van der Waals surface area contributed by atoms with Gasteiger partial charge in [0.25, 0.3) is 5.91 Å². The number of amides is 1. The van der Waals surface area contributed by atoms with E-state index in [0.717, 1.165) is 12.8 Å². The van der Waals surface area contributed by atoms with Crippen molar-refractivity contribution in [1.29, 1.82) is 5.26 Å². The topological polar surface area (TPSA) is 90.3 Å². The normalized spacial score (nSPS) is 24.5. The van der Waals surface area contributed by atoms with Crippen molar-refractivity contribution >= 4 is 15.9 Å². The lowest BCUT2D eigenvalue weighted by atomic mass is 10.1. The molecule has 7 heteroatoms. The highest BCUT2D eigenvalue weighted by Crippen LogP contribution is 2.41. The van der Waals surface area contributed by atoms with Crippen LogP contribution in [0.3, 0.4) is 0 Å². The van der Waals surface area contributed by atoms with Crippen molar-refractivity contribution in [2.24, 2.45) is 5.92 Å². The van der Waals surface area contributed by atoms with E-state index in [9.17, 15) is 13.2 Å². The fourth-order valence-corrected chi connectivity index (χ4v) is 5.83. The van der Waals surface area contributed by atoms with Gasteiger partial charge in [0.05, 0.1) is 16.5 Å². The summed E-state index contributed by atoms with van der Waals surface area (Å²) in [6, 6.07) is 16.5. The molecule has 0 aromatic heterocycles. The lowest BCUT2D eigenvalue weighted by Gasteiger charge is -2.32. The lowest BCUT2D eigenvalue weighted by molar-refractivity contribution is 0.0917. The number of carbonyl (C=O) groups excluding carboxylic acids is 1. The SMILES string of the molecule is N#Cc1ccc(S(=O)(=O)N2CC3CC(NC(=O)c4ccccc4)C2C3)cc1. The molecule has 2 bridgehead atoms. The first kappa shape index (κ1) is 17.7. The minimum Gasteiger partial charge on any atom is -0.348 e. The molecule has 2 aromatic rings. The summed E-state index contributed by atoms with van der Waals surface area (Å²) in [7, 11) is -3.66. The zero-order chi connectivity index (χ0) is 19.0. The minimum atomic E-state index is -3.66. The molecule has 3 atom stereocenters. The third-order valence-corrected chi connectivity index (χ3v) is 7.28. The Balaban J connectivity index is 1.53. The van der Waals surface area contributed by atoms with E-state index in [1.165, 1.54) is 28.6 Å². The molecule has 6 nitrogen and oxygen atoms in total. The summed E-state index contributed by atoms with van der Waals surface area (Å²) in [4.78, 5) is 12.6. The van der Waals surface area contributed by atoms with Crippen LogP contribution in [0.25, 0.3) is 0 Å². The number of rotatable bonds is 4. The van der Waals surface area contributed by atoms with Gasteiger partial charge in [0, 0.05) is 24.2 Å². The monoisotopic (exact) mass is 381 g/mol. The average molecular weight is 381 g/mol. The molecular weight excluding hydrogens is 362 g/mol. The smallest absolute Gasteiger partial charge is 0.251 e. The van der Waals surface area contributed by atoms with E-state index in [1.807, 2.05) is 12.1 Å². The molecule has 0 radical (unpaired) electrons. The first-order chi connectivity index (χ1) is 13.0. The number of nitriles is 1. The van der Waals surface area contributed by atoms with Crippen LogP contribution in [0.5, 0.6) is 0 Å². The Bertz CT molecular complexity index is 997. The van der Waals surface area contributed by atoms with Gasteiger partial charge in [-0.05, 0) is 55.2 Å². The second kappa shape index (κ2) is 6.80. The Morgan fingerprint density at radius 2 is 1.78 bits per heavy atom. The molecule has 138 valence electrons. The number of carbonyl (C=O) groups is 1. The van der Waals surface area contributed by atoms with E-state index >= 15 is 0 Å². The Morgan fingerprint density at radius 1 is 1.07 bits per heavy atom. The van der Waals surface area contributed by atoms with Crippen molar-refractivity contribution in [2.75, 3.05) is 6.54 Å². The zero-order valence-electron chi connectivity index (χ0n) is 14.6. The van der Waals surface area contributed by atoms with Gasteiger partial charge >= 0.3 is 0 Å². The molecule has 0 spiro atoms. The number of nitrogens with one attached hydrogen (secondary N) is 1. The maximum Gasteiger partial charge on any atom is 0.251 e. The van der Waals surface area contributed by atoms with Crippen molar-refractivity contribution in [3.05, 3.63) is 65.7 Å². The second-order valence-corrected chi connectivity index (χ2v) is 8.95. The van der Waals surface area contributed by atoms with Gasteiger partial charge in [-0.15, -0.1) is 0 Å². The van der Waals surface area contributed by atoms with Crippen LogP contribution in [-0.2, 0) is 10.0 Å². The second-order valence-electron chi connectivity index (χ2n) is 7.06. The molecule has 4 rings (SSSR count). The molecule has 1 aliphatic heterocycles. The molecular formula is C20H19N3O3S. The van der Waals surface area contributed by atoms with Gasteiger partial charge in [0.2, 0.25) is 10.0 Å². The summed E-state index contributed by atoms with van der Waals surface area (Å²) in [6.45, 7) is 0.477. The maximum atomic E-state index is 13.1. The van der Waals surface area contributed by atoms with Crippen molar-refractivity contribution < 1.29 is 13.2 Å². The number of benzene rings is 2. The molecule has 1 heterocycles. The molecule has 1 aliphatic carbocycles. The summed E-state index contributed by atoms with van der Waals surface area (Å²) in [5.74, 6) is 0.0769. The molecule has 27 heavy (non-hydrogen) atoms. The first-order valence-corrected chi connectivity index (χ1v) is 10.3. The van der Waals surface area contributed by atoms with Crippen LogP contribution in [0.1, 0.15) is 28.8 Å². The number of piperidine rings is 1. The number of nitrogens with zero attached hydrogens (tertiary/aromatic N) is 2. The molecule has 2 aromatic carbocycles. The third kappa shape index (κ3) is 3.22. The number of sulfonamides is 1. The zero-order valence-corrected chi connectivity index (χ0v) is 15.4. The van der Waals surface area contributed by atoms with Crippen LogP contribution in [0.15, 0.2) is 59.5 Å². The highest BCUT2D eigenvalue weighted by molar-refractivity contribution is 7.89. The Morgan fingerprint density at radius 3 is 2.41 bits per heavy atom. The highest BCUT2D eigenvalue weighted by atomic mass is 32.2. The van der Waals surface area contributed by atoms with Crippen LogP contribution in [0.4, 0.5) is 0 Å². The van der Waals surface area contributed by atoms with Crippen LogP contribution >= 0.6 is 0 Å². The summed E-state index contributed by atoms with van der Waals surface area (Å²) in [5, 5.41) is 11.9. The molecule has 3 unspecified atom stereocenters. The largest absolute Gasteiger partial charge is 0.348 e. The summed E-state index contributed by atoms with van der Waals surface area (Å²) in [6.07, 6.45) is 1.55. The van der Waals surface area contributed by atoms with Crippen LogP contribution in [0.2, 0.25) is 0 Å². The van der Waals surface area contributed by atoms with Crippen LogP contribution in [0, 0.1) is 17.2 Å². The number of fused-ring (bicyclic) bond motifs is 2. The summed E-state index contributed by atoms with van der Waals surface area (Å²) < 4.78 is 27.6. The van der Waals surface area contributed by atoms with Gasteiger partial charge in [0.1, 0.15) is 0 Å². The van der Waals surface area contributed by atoms with Crippen molar-refractivity contribution in [3.8, 4) is 6.07 Å². The predicted octanol–water partition coefficient (Wildman–Crippen LogP) is 2.14. The summed E-state index contributed by atoms with van der Waals surface area (Å²) in [5.41, 5.74) is 0.992. The van der Waals surface area contributed by atoms with Gasteiger partial charge in [-0.2, -0.15) is 9.57 Å². The fraction of sp³-hybridized carbons (Fsp3) is 0.300. The van der Waals surface area contributed by atoms with E-state index in [0.29, 0.717) is 17.7 Å². The highest BCUT2D eigenvalue weighted by Gasteiger charge is 2.50. The maximum absolute atomic E-state index is 13.1. The van der Waals surface area contributed by atoms with Gasteiger partial charge in [-0.25, -0.2) is 8.42 Å². The number of hydrogen-bond donors (Lipinski definition) is 1. The molecule has 1 N–H and O–H groups in total. The van der Waals surface area contributed by atoms with E-state index in [2.05, 4.69) is 5.32 Å². The van der Waals surface area contributed by atoms with Gasteiger partial charge < -0.3 is 5.32 Å². The van der Waals surface area contributed by atoms with Crippen molar-refractivity contribution in [3.63, 3.8) is 0 Å². The van der Waals surface area contributed by atoms with Crippen molar-refractivity contribution in [1.82, 2.24) is 9.62 Å². The molecule has 1 saturated carbocycles. The minimum absolute atomic E-state index is 0.177. The quantitative estimate of drug-likeness (QED) is 0.879. The van der Waals surface area contributed by atoms with E-state index < -0.39 is 10.0 Å². The third-order valence-electron chi connectivity index (χ3n) is 5.38. The van der Waals surface area contributed by atoms with E-state index in [-0.39, 0.29) is 28.8 Å². The van der Waals surface area contributed by atoms with Crippen molar-refractivity contribution in [2.45, 2.75) is 29.8 Å². The standard InChI is InChI=1S/C20H19N3O3S/c21-12-14-6-8-17(9-7-14)27(25,26)23-13-15-10-18(19(23)11-15)22-20(24)16-4-2-1-3-5-16/h1-9,15,18-19H,10-11,13H2,(H,22,24). The molecule has 1 saturated heterocycles. The molecule has 2 fully saturated rings. The predicted molar refractivity (Wildman–Crippen MR) is 99.3 cm³/mol. The molecule has 2 aliphatic rings. The lowest BCUT2D eigenvalue weighted by Crippen LogP contribution is -2.51. The Hall–Kier alpha value is -2.69. The fourth-order valence-electron chi connectivity index (χ4n) is 4.08. The van der Waals surface area contributed by atoms with Gasteiger partial charge in [-0.1, -0.05) is 18.2 Å². The Kier molecular flexibility index (Phi) is 4.46. The van der Waals surface area contributed by atoms with Crippen LogP contribution < -0.4 is 5.32 Å². The Labute approximate surface area is 158 Å². The van der Waals surface area contributed by atoms with E-state index in [4.69, 9.17) is 5.26 Å². The first-order valence-electron chi connectivity index (χ1n) is 8.87. The van der Waals surface area contributed by atoms with E-state index in [1.54, 1.807) is 24.3 Å². The van der Waals surface area contributed by atoms with Gasteiger partial charge in [0.15, 0.2) is 0 Å². The average Bonchev–Trinajstić information content (AvgIpc) is 3.29.